The molecular weight excluding hydrogens is 193 g/mol. The van der Waals surface area contributed by atoms with E-state index in [1.807, 2.05) is 6.07 Å². The number of hydrogen-bond donors (Lipinski definition) is 1. The summed E-state index contributed by atoms with van der Waals surface area (Å²) in [5.41, 5.74) is 1.02. The highest BCUT2D eigenvalue weighted by Gasteiger charge is 2.03. The lowest BCUT2D eigenvalue weighted by molar-refractivity contribution is 0.196. The van der Waals surface area contributed by atoms with Gasteiger partial charge in [0.05, 0.1) is 6.61 Å². The van der Waals surface area contributed by atoms with Gasteiger partial charge in [-0.3, -0.25) is 0 Å². The molecule has 15 heavy (non-hydrogen) atoms. The highest BCUT2D eigenvalue weighted by Crippen LogP contribution is 2.06. The van der Waals surface area contributed by atoms with E-state index in [-0.39, 0.29) is 5.82 Å². The first-order chi connectivity index (χ1) is 7.22. The summed E-state index contributed by atoms with van der Waals surface area (Å²) in [7, 11) is 1.68. The Bertz CT molecular complexity index is 291. The molecule has 84 valence electrons. The van der Waals surface area contributed by atoms with Gasteiger partial charge in [-0.15, -0.1) is 0 Å². The molecule has 0 aliphatic heterocycles. The van der Waals surface area contributed by atoms with E-state index in [4.69, 9.17) is 4.74 Å². The van der Waals surface area contributed by atoms with Crippen LogP contribution in [0, 0.1) is 5.82 Å². The number of methoxy groups -OCH3 is 1. The Morgan fingerprint density at radius 3 is 2.93 bits per heavy atom. The summed E-state index contributed by atoms with van der Waals surface area (Å²) >= 11 is 0. The minimum Gasteiger partial charge on any atom is -0.383 e. The first-order valence-corrected chi connectivity index (χ1v) is 5.19. The molecule has 0 aromatic heterocycles. The average Bonchev–Trinajstić information content (AvgIpc) is 2.18. The largest absolute Gasteiger partial charge is 0.383 e. The minimum atomic E-state index is -0.170. The Hall–Kier alpha value is -0.930. The molecule has 1 atom stereocenters. The van der Waals surface area contributed by atoms with E-state index in [1.54, 1.807) is 19.2 Å². The van der Waals surface area contributed by atoms with Crippen molar-refractivity contribution in [2.75, 3.05) is 20.3 Å². The molecule has 0 spiro atoms. The molecule has 0 aliphatic rings. The molecule has 1 aromatic rings. The van der Waals surface area contributed by atoms with Crippen molar-refractivity contribution in [2.45, 2.75) is 19.4 Å². The van der Waals surface area contributed by atoms with Gasteiger partial charge < -0.3 is 10.1 Å². The molecule has 0 fully saturated rings. The molecular formula is C12H18FNO. The van der Waals surface area contributed by atoms with Crippen LogP contribution in [0.1, 0.15) is 12.5 Å². The first-order valence-electron chi connectivity index (χ1n) is 5.19. The van der Waals surface area contributed by atoms with Gasteiger partial charge in [0.2, 0.25) is 0 Å². The Labute approximate surface area is 90.4 Å². The highest BCUT2D eigenvalue weighted by molar-refractivity contribution is 5.17. The monoisotopic (exact) mass is 211 g/mol. The molecule has 0 heterocycles. The Kier molecular flexibility index (Phi) is 5.29. The van der Waals surface area contributed by atoms with E-state index >= 15 is 0 Å². The van der Waals surface area contributed by atoms with Crippen LogP contribution < -0.4 is 5.32 Å². The summed E-state index contributed by atoms with van der Waals surface area (Å²) in [6.07, 6.45) is 0.835. The maximum absolute atomic E-state index is 12.9. The third-order valence-corrected chi connectivity index (χ3v) is 2.23. The van der Waals surface area contributed by atoms with Crippen LogP contribution >= 0.6 is 0 Å². The van der Waals surface area contributed by atoms with Crippen molar-refractivity contribution in [3.8, 4) is 0 Å². The molecule has 1 aromatic carbocycles. The zero-order valence-corrected chi connectivity index (χ0v) is 9.29. The fraction of sp³-hybridized carbons (Fsp3) is 0.500. The Morgan fingerprint density at radius 2 is 2.27 bits per heavy atom. The summed E-state index contributed by atoms with van der Waals surface area (Å²) < 4.78 is 17.8. The lowest BCUT2D eigenvalue weighted by atomic mass is 10.1. The first kappa shape index (κ1) is 12.1. The number of ether oxygens (including phenoxy) is 1. The second-order valence-corrected chi connectivity index (χ2v) is 3.68. The standard InChI is InChI=1S/C12H18FNO/c1-10(14-6-7-15-2)8-11-4-3-5-12(13)9-11/h3-5,9-10,14H,6-8H2,1-2H3. The fourth-order valence-electron chi connectivity index (χ4n) is 1.50. The molecule has 0 radical (unpaired) electrons. The molecule has 2 nitrogen and oxygen atoms in total. The van der Waals surface area contributed by atoms with E-state index in [0.29, 0.717) is 12.6 Å². The maximum atomic E-state index is 12.9. The quantitative estimate of drug-likeness (QED) is 0.727. The van der Waals surface area contributed by atoms with Crippen LogP contribution in [-0.4, -0.2) is 26.3 Å². The SMILES string of the molecule is COCCNC(C)Cc1cccc(F)c1. The van der Waals surface area contributed by atoms with Gasteiger partial charge in [-0.1, -0.05) is 12.1 Å². The van der Waals surface area contributed by atoms with Crippen molar-refractivity contribution in [3.05, 3.63) is 35.6 Å². The van der Waals surface area contributed by atoms with E-state index in [0.717, 1.165) is 18.5 Å². The molecule has 0 aliphatic carbocycles. The molecule has 0 saturated heterocycles. The Morgan fingerprint density at radius 1 is 1.47 bits per heavy atom. The van der Waals surface area contributed by atoms with Gasteiger partial charge in [-0.2, -0.15) is 0 Å². The summed E-state index contributed by atoms with van der Waals surface area (Å²) in [6.45, 7) is 3.61. The predicted molar refractivity (Wildman–Crippen MR) is 59.4 cm³/mol. The number of benzene rings is 1. The molecule has 1 N–H and O–H groups in total. The molecule has 0 amide bonds. The lowest BCUT2D eigenvalue weighted by Crippen LogP contribution is -2.30. The lowest BCUT2D eigenvalue weighted by Gasteiger charge is -2.13. The molecule has 3 heteroatoms. The highest BCUT2D eigenvalue weighted by atomic mass is 19.1. The third kappa shape index (κ3) is 4.91. The smallest absolute Gasteiger partial charge is 0.123 e. The van der Waals surface area contributed by atoms with E-state index in [1.165, 1.54) is 6.07 Å². The normalized spacial score (nSPS) is 12.7. The van der Waals surface area contributed by atoms with Gasteiger partial charge in [-0.25, -0.2) is 4.39 Å². The second-order valence-electron chi connectivity index (χ2n) is 3.68. The van der Waals surface area contributed by atoms with Crippen LogP contribution in [0.5, 0.6) is 0 Å². The zero-order valence-electron chi connectivity index (χ0n) is 9.29. The maximum Gasteiger partial charge on any atom is 0.123 e. The summed E-state index contributed by atoms with van der Waals surface area (Å²) in [5, 5.41) is 3.30. The van der Waals surface area contributed by atoms with E-state index < -0.39 is 0 Å². The van der Waals surface area contributed by atoms with Gasteiger partial charge in [0.15, 0.2) is 0 Å². The fourth-order valence-corrected chi connectivity index (χ4v) is 1.50. The van der Waals surface area contributed by atoms with Crippen molar-refractivity contribution in [3.63, 3.8) is 0 Å². The number of halogens is 1. The van der Waals surface area contributed by atoms with E-state index in [2.05, 4.69) is 12.2 Å². The van der Waals surface area contributed by atoms with Crippen LogP contribution in [-0.2, 0) is 11.2 Å². The third-order valence-electron chi connectivity index (χ3n) is 2.23. The van der Waals surface area contributed by atoms with Crippen molar-refractivity contribution in [2.24, 2.45) is 0 Å². The van der Waals surface area contributed by atoms with Crippen molar-refractivity contribution in [1.82, 2.24) is 5.32 Å². The van der Waals surface area contributed by atoms with Gasteiger partial charge >= 0.3 is 0 Å². The van der Waals surface area contributed by atoms with Crippen LogP contribution in [0.25, 0.3) is 0 Å². The Balaban J connectivity index is 2.34. The minimum absolute atomic E-state index is 0.170. The number of nitrogens with one attached hydrogen (secondary N) is 1. The summed E-state index contributed by atoms with van der Waals surface area (Å²) in [5.74, 6) is -0.170. The zero-order chi connectivity index (χ0) is 11.1. The van der Waals surface area contributed by atoms with Gasteiger partial charge in [-0.05, 0) is 31.0 Å². The second kappa shape index (κ2) is 6.53. The summed E-state index contributed by atoms with van der Waals surface area (Å²) in [4.78, 5) is 0. The van der Waals surface area contributed by atoms with Gasteiger partial charge in [0, 0.05) is 19.7 Å². The molecule has 1 rings (SSSR count). The van der Waals surface area contributed by atoms with Crippen LogP contribution in [0.4, 0.5) is 4.39 Å². The predicted octanol–water partition coefficient (Wildman–Crippen LogP) is 1.99. The van der Waals surface area contributed by atoms with Gasteiger partial charge in [0.25, 0.3) is 0 Å². The van der Waals surface area contributed by atoms with Crippen LogP contribution in [0.3, 0.4) is 0 Å². The number of hydrogen-bond acceptors (Lipinski definition) is 2. The molecule has 0 saturated carbocycles. The molecule has 1 unspecified atom stereocenters. The topological polar surface area (TPSA) is 21.3 Å². The number of rotatable bonds is 6. The van der Waals surface area contributed by atoms with Crippen molar-refractivity contribution >= 4 is 0 Å². The van der Waals surface area contributed by atoms with Crippen LogP contribution in [0.2, 0.25) is 0 Å². The average molecular weight is 211 g/mol. The van der Waals surface area contributed by atoms with Crippen molar-refractivity contribution in [1.29, 1.82) is 0 Å². The van der Waals surface area contributed by atoms with Gasteiger partial charge in [0.1, 0.15) is 5.82 Å². The van der Waals surface area contributed by atoms with Crippen LogP contribution in [0.15, 0.2) is 24.3 Å². The molecule has 0 bridgehead atoms. The van der Waals surface area contributed by atoms with Crippen molar-refractivity contribution < 1.29 is 9.13 Å². The van der Waals surface area contributed by atoms with E-state index in [9.17, 15) is 4.39 Å². The summed E-state index contributed by atoms with van der Waals surface area (Å²) in [6, 6.07) is 7.06.